The molecule has 0 saturated heterocycles. The molecule has 0 bridgehead atoms. The van der Waals surface area contributed by atoms with Gasteiger partial charge in [0, 0.05) is 13.1 Å². The molecule has 1 heterocycles. The van der Waals surface area contributed by atoms with Crippen molar-refractivity contribution in [3.05, 3.63) is 17.7 Å². The number of rotatable bonds is 2. The second kappa shape index (κ2) is 3.77. The lowest BCUT2D eigenvalue weighted by Crippen LogP contribution is -2.15. The van der Waals surface area contributed by atoms with E-state index in [1.807, 2.05) is 20.8 Å². The summed E-state index contributed by atoms with van der Waals surface area (Å²) in [5, 5.41) is 7.54. The lowest BCUT2D eigenvalue weighted by Gasteiger charge is -2.14. The number of oxime groups is 1. The molecule has 14 heavy (non-hydrogen) atoms. The molecular weight excluding hydrogens is 185 g/mol. The van der Waals surface area contributed by atoms with Gasteiger partial charge in [-0.2, -0.15) is 9.49 Å². The van der Waals surface area contributed by atoms with E-state index >= 15 is 0 Å². The van der Waals surface area contributed by atoms with Gasteiger partial charge in [0.05, 0.1) is 6.21 Å². The summed E-state index contributed by atoms with van der Waals surface area (Å²) in [4.78, 5) is 5.08. The van der Waals surface area contributed by atoms with Crippen molar-refractivity contribution in [2.24, 2.45) is 12.2 Å². The lowest BCUT2D eigenvalue weighted by molar-refractivity contribution is 0.00196. The van der Waals surface area contributed by atoms with Gasteiger partial charge in [0.25, 0.3) is 0 Å². The highest BCUT2D eigenvalue weighted by Gasteiger charge is 2.09. The van der Waals surface area contributed by atoms with Crippen LogP contribution in [0.5, 0.6) is 0 Å². The van der Waals surface area contributed by atoms with Crippen molar-refractivity contribution in [2.75, 3.05) is 0 Å². The van der Waals surface area contributed by atoms with E-state index in [-0.39, 0.29) is 5.60 Å². The van der Waals surface area contributed by atoms with Crippen LogP contribution in [0.2, 0.25) is 0 Å². The molecular formula is C9H14FN3O. The van der Waals surface area contributed by atoms with E-state index in [1.165, 1.54) is 19.3 Å². The highest BCUT2D eigenvalue weighted by Crippen LogP contribution is 2.06. The van der Waals surface area contributed by atoms with E-state index in [9.17, 15) is 4.39 Å². The van der Waals surface area contributed by atoms with E-state index in [0.29, 0.717) is 5.69 Å². The minimum Gasteiger partial charge on any atom is -0.390 e. The van der Waals surface area contributed by atoms with Crippen molar-refractivity contribution in [3.8, 4) is 0 Å². The van der Waals surface area contributed by atoms with E-state index in [1.54, 1.807) is 0 Å². The molecule has 0 radical (unpaired) electrons. The van der Waals surface area contributed by atoms with Crippen molar-refractivity contribution in [1.29, 1.82) is 0 Å². The van der Waals surface area contributed by atoms with Crippen molar-refractivity contribution in [3.63, 3.8) is 0 Å². The number of nitrogens with zero attached hydrogens (tertiary/aromatic N) is 3. The van der Waals surface area contributed by atoms with Crippen molar-refractivity contribution >= 4 is 6.21 Å². The fourth-order valence-electron chi connectivity index (χ4n) is 0.767. The minimum atomic E-state index is -0.401. The number of aryl methyl sites for hydroxylation is 1. The molecule has 1 rings (SSSR count). The fourth-order valence-corrected chi connectivity index (χ4v) is 0.767. The zero-order chi connectivity index (χ0) is 10.8. The Bertz CT molecular complexity index is 319. The van der Waals surface area contributed by atoms with Crippen LogP contribution in [-0.2, 0) is 11.9 Å². The minimum absolute atomic E-state index is 0.343. The smallest absolute Gasteiger partial charge is 0.211 e. The van der Waals surface area contributed by atoms with Crippen LogP contribution in [-0.4, -0.2) is 21.6 Å². The van der Waals surface area contributed by atoms with Crippen LogP contribution in [0.1, 0.15) is 26.5 Å². The Morgan fingerprint density at radius 2 is 2.21 bits per heavy atom. The Kier molecular flexibility index (Phi) is 2.88. The summed E-state index contributed by atoms with van der Waals surface area (Å²) in [6.45, 7) is 5.63. The largest absolute Gasteiger partial charge is 0.390 e. The third kappa shape index (κ3) is 3.16. The Balaban J connectivity index is 2.61. The summed E-state index contributed by atoms with van der Waals surface area (Å²) >= 11 is 0. The highest BCUT2D eigenvalue weighted by molar-refractivity contribution is 5.76. The average molecular weight is 199 g/mol. The summed E-state index contributed by atoms with van der Waals surface area (Å²) in [6.07, 6.45) is 1.38. The topological polar surface area (TPSA) is 39.4 Å². The number of aromatic nitrogens is 2. The zero-order valence-corrected chi connectivity index (χ0v) is 8.78. The Morgan fingerprint density at radius 1 is 1.57 bits per heavy atom. The van der Waals surface area contributed by atoms with Crippen LogP contribution in [0.15, 0.2) is 11.2 Å². The predicted molar refractivity (Wildman–Crippen MR) is 51.6 cm³/mol. The molecule has 4 nitrogen and oxygen atoms in total. The first-order valence-electron chi connectivity index (χ1n) is 4.29. The zero-order valence-electron chi connectivity index (χ0n) is 8.78. The van der Waals surface area contributed by atoms with E-state index in [0.717, 1.165) is 4.68 Å². The van der Waals surface area contributed by atoms with Gasteiger partial charge in [-0.1, -0.05) is 5.16 Å². The second-order valence-electron chi connectivity index (χ2n) is 3.95. The van der Waals surface area contributed by atoms with Crippen LogP contribution in [0.25, 0.3) is 0 Å². The third-order valence-electron chi connectivity index (χ3n) is 1.35. The molecule has 0 aromatic carbocycles. The van der Waals surface area contributed by atoms with Gasteiger partial charge in [-0.05, 0) is 20.8 Å². The summed E-state index contributed by atoms with van der Waals surface area (Å²) in [7, 11) is 1.53. The van der Waals surface area contributed by atoms with E-state index < -0.39 is 5.95 Å². The fraction of sp³-hybridized carbons (Fsp3) is 0.556. The molecule has 0 N–H and O–H groups in total. The lowest BCUT2D eigenvalue weighted by atomic mass is 10.2. The standard InChI is InChI=1S/C9H14FN3O/c1-9(2,3)14-11-6-7-5-8(10)13(4)12-7/h5-6H,1-4H3/b11-6-. The first-order valence-corrected chi connectivity index (χ1v) is 4.29. The molecule has 1 aromatic rings. The Hall–Kier alpha value is -1.39. The monoisotopic (exact) mass is 199 g/mol. The molecule has 0 atom stereocenters. The van der Waals surface area contributed by atoms with Crippen LogP contribution >= 0.6 is 0 Å². The summed E-state index contributed by atoms with van der Waals surface area (Å²) in [6, 6.07) is 1.29. The van der Waals surface area contributed by atoms with Gasteiger partial charge in [0.2, 0.25) is 5.95 Å². The van der Waals surface area contributed by atoms with Gasteiger partial charge in [0.15, 0.2) is 0 Å². The Morgan fingerprint density at radius 3 is 2.64 bits per heavy atom. The van der Waals surface area contributed by atoms with Gasteiger partial charge >= 0.3 is 0 Å². The summed E-state index contributed by atoms with van der Waals surface area (Å²) < 4.78 is 13.9. The molecule has 0 fully saturated rings. The van der Waals surface area contributed by atoms with Gasteiger partial charge in [0.1, 0.15) is 11.3 Å². The molecule has 0 amide bonds. The molecule has 0 unspecified atom stereocenters. The predicted octanol–water partition coefficient (Wildman–Crippen LogP) is 1.71. The number of hydrogen-bond donors (Lipinski definition) is 0. The quantitative estimate of drug-likeness (QED) is 0.537. The van der Waals surface area contributed by atoms with Crippen molar-refractivity contribution in [1.82, 2.24) is 9.78 Å². The van der Waals surface area contributed by atoms with E-state index in [4.69, 9.17) is 4.84 Å². The first kappa shape index (κ1) is 10.7. The molecule has 0 aliphatic carbocycles. The van der Waals surface area contributed by atoms with Crippen LogP contribution in [0, 0.1) is 5.95 Å². The first-order chi connectivity index (χ1) is 6.38. The van der Waals surface area contributed by atoms with Crippen LogP contribution < -0.4 is 0 Å². The van der Waals surface area contributed by atoms with Gasteiger partial charge in [-0.15, -0.1) is 0 Å². The summed E-state index contributed by atoms with van der Waals surface area (Å²) in [5.41, 5.74) is 0.0957. The van der Waals surface area contributed by atoms with Crippen LogP contribution in [0.4, 0.5) is 4.39 Å². The SMILES string of the molecule is Cn1nc(/C=N\OC(C)(C)C)cc1F. The van der Waals surface area contributed by atoms with Crippen LogP contribution in [0.3, 0.4) is 0 Å². The number of halogens is 1. The molecule has 0 aliphatic rings. The second-order valence-corrected chi connectivity index (χ2v) is 3.95. The molecule has 0 spiro atoms. The van der Waals surface area contributed by atoms with Gasteiger partial charge in [-0.3, -0.25) is 0 Å². The highest BCUT2D eigenvalue weighted by atomic mass is 19.1. The van der Waals surface area contributed by atoms with Crippen molar-refractivity contribution in [2.45, 2.75) is 26.4 Å². The third-order valence-corrected chi connectivity index (χ3v) is 1.35. The van der Waals surface area contributed by atoms with Gasteiger partial charge in [-0.25, -0.2) is 4.68 Å². The molecule has 1 aromatic heterocycles. The molecule has 0 aliphatic heterocycles. The molecule has 5 heteroatoms. The normalized spacial score (nSPS) is 12.4. The maximum atomic E-state index is 12.8. The average Bonchev–Trinajstić information content (AvgIpc) is 2.28. The van der Waals surface area contributed by atoms with Crippen molar-refractivity contribution < 1.29 is 9.23 Å². The summed E-state index contributed by atoms with van der Waals surface area (Å²) in [5.74, 6) is -0.401. The molecule has 78 valence electrons. The van der Waals surface area contributed by atoms with Gasteiger partial charge < -0.3 is 4.84 Å². The maximum absolute atomic E-state index is 12.8. The Labute approximate surface area is 82.4 Å². The maximum Gasteiger partial charge on any atom is 0.211 e. The van der Waals surface area contributed by atoms with E-state index in [2.05, 4.69) is 10.3 Å². The number of hydrogen-bond acceptors (Lipinski definition) is 3. The molecule has 0 saturated carbocycles.